The zero-order valence-electron chi connectivity index (χ0n) is 4.01. The van der Waals surface area contributed by atoms with Crippen molar-refractivity contribution in [3.63, 3.8) is 0 Å². The van der Waals surface area contributed by atoms with Gasteiger partial charge in [0.25, 0.3) is 0 Å². The third kappa shape index (κ3) is 2.96. The van der Waals surface area contributed by atoms with Gasteiger partial charge in [-0.15, -0.1) is 18.5 Å². The normalized spacial score (nSPS) is 11.3. The van der Waals surface area contributed by atoms with Gasteiger partial charge >= 0.3 is 5.97 Å². The van der Waals surface area contributed by atoms with E-state index in [1.165, 1.54) is 0 Å². The van der Waals surface area contributed by atoms with E-state index in [0.717, 1.165) is 0 Å². The molecule has 0 fully saturated rings. The Hall–Kier alpha value is 0.330. The Labute approximate surface area is 47.1 Å². The van der Waals surface area contributed by atoms with Gasteiger partial charge in [0, 0.05) is 0 Å². The van der Waals surface area contributed by atoms with E-state index in [9.17, 15) is 4.79 Å². The number of carboxylic acids is 1. The summed E-state index contributed by atoms with van der Waals surface area (Å²) in [7, 11) is 4.39. The van der Waals surface area contributed by atoms with Crippen LogP contribution in [0.15, 0.2) is 0 Å². The van der Waals surface area contributed by atoms with E-state index in [1.54, 1.807) is 6.92 Å². The van der Waals surface area contributed by atoms with Crippen molar-refractivity contribution in [1.82, 2.24) is 0 Å². The first-order valence-corrected chi connectivity index (χ1v) is 2.91. The molecule has 2 atom stereocenters. The lowest BCUT2D eigenvalue weighted by Gasteiger charge is -2.08. The van der Waals surface area contributed by atoms with Crippen molar-refractivity contribution in [3.05, 3.63) is 0 Å². The lowest BCUT2D eigenvalue weighted by Crippen LogP contribution is -2.18. The quantitative estimate of drug-likeness (QED) is 0.537. The van der Waals surface area contributed by atoms with Crippen LogP contribution in [0, 0.1) is 0 Å². The number of rotatable bonds is 1. The first kappa shape index (κ1) is 7.33. The number of hydrogen-bond donors (Lipinski definition) is 1. The van der Waals surface area contributed by atoms with E-state index in [2.05, 4.69) is 18.5 Å². The maximum absolute atomic E-state index is 9.98. The van der Waals surface area contributed by atoms with Crippen molar-refractivity contribution in [2.75, 3.05) is 0 Å². The Morgan fingerprint density at radius 3 is 1.86 bits per heavy atom. The van der Waals surface area contributed by atoms with Gasteiger partial charge < -0.3 is 5.11 Å². The number of carbonyl (C=O) groups is 1. The maximum atomic E-state index is 9.98. The first-order chi connectivity index (χ1) is 2.94. The smallest absolute Gasteiger partial charge is 0.316 e. The molecule has 0 bridgehead atoms. The highest BCUT2D eigenvalue weighted by atomic mass is 31.1. The molecule has 42 valence electrons. The second kappa shape index (κ2) is 2.07. The molecular formula is C3H8O2P2. The van der Waals surface area contributed by atoms with Gasteiger partial charge in [0.2, 0.25) is 0 Å². The van der Waals surface area contributed by atoms with Crippen LogP contribution in [0.3, 0.4) is 0 Å². The molecule has 0 saturated heterocycles. The zero-order chi connectivity index (χ0) is 6.08. The van der Waals surface area contributed by atoms with Gasteiger partial charge in [-0.05, 0) is 6.92 Å². The summed E-state index contributed by atoms with van der Waals surface area (Å²) in [6, 6.07) is 0. The lowest BCUT2D eigenvalue weighted by molar-refractivity contribution is -0.137. The molecule has 0 amide bonds. The fourth-order valence-electron chi connectivity index (χ4n) is 0. The summed E-state index contributed by atoms with van der Waals surface area (Å²) in [6.07, 6.45) is 0. The lowest BCUT2D eigenvalue weighted by atomic mass is 10.5. The van der Waals surface area contributed by atoms with Gasteiger partial charge in [-0.25, -0.2) is 0 Å². The molecule has 0 radical (unpaired) electrons. The van der Waals surface area contributed by atoms with Crippen molar-refractivity contribution in [3.8, 4) is 0 Å². The molecule has 0 aromatic heterocycles. The minimum atomic E-state index is -0.831. The van der Waals surface area contributed by atoms with Gasteiger partial charge in [0.15, 0.2) is 0 Å². The predicted molar refractivity (Wildman–Crippen MR) is 35.5 cm³/mol. The van der Waals surface area contributed by atoms with E-state index < -0.39 is 10.9 Å². The summed E-state index contributed by atoms with van der Waals surface area (Å²) in [5.41, 5.74) is 0. The van der Waals surface area contributed by atoms with E-state index in [1.807, 2.05) is 0 Å². The summed E-state index contributed by atoms with van der Waals surface area (Å²) < 4.78 is 0. The van der Waals surface area contributed by atoms with Gasteiger partial charge in [-0.2, -0.15) is 0 Å². The fraction of sp³-hybridized carbons (Fsp3) is 0.667. The number of carboxylic acid groups (broad SMARTS) is 1. The van der Waals surface area contributed by atoms with Gasteiger partial charge in [-0.3, -0.25) is 4.79 Å². The summed E-state index contributed by atoms with van der Waals surface area (Å²) in [6.45, 7) is 1.59. The predicted octanol–water partition coefficient (Wildman–Crippen LogP) is 0.537. The molecule has 0 spiro atoms. The molecule has 0 saturated carbocycles. The Morgan fingerprint density at radius 2 is 1.86 bits per heavy atom. The molecule has 2 unspecified atom stereocenters. The highest BCUT2D eigenvalue weighted by molar-refractivity contribution is 7.42. The Bertz CT molecular complexity index is 83.4. The largest absolute Gasteiger partial charge is 0.480 e. The standard InChI is InChI=1S/C3H8O2P2/c1-3(6,7)2(4)5/h6-7H2,1H3,(H,4,5). The van der Waals surface area contributed by atoms with E-state index in [-0.39, 0.29) is 0 Å². The Balaban J connectivity index is 3.79. The van der Waals surface area contributed by atoms with Crippen LogP contribution in [0.25, 0.3) is 0 Å². The van der Waals surface area contributed by atoms with Crippen LogP contribution in [0.2, 0.25) is 0 Å². The molecular weight excluding hydrogens is 130 g/mol. The topological polar surface area (TPSA) is 37.3 Å². The SMILES string of the molecule is CC(P)(P)C(=O)O. The molecule has 0 aliphatic heterocycles. The summed E-state index contributed by atoms with van der Waals surface area (Å²) in [4.78, 5) is 9.23. The molecule has 0 aromatic rings. The second-order valence-electron chi connectivity index (χ2n) is 1.59. The van der Waals surface area contributed by atoms with Crippen molar-refractivity contribution in [1.29, 1.82) is 0 Å². The van der Waals surface area contributed by atoms with Crippen LogP contribution < -0.4 is 0 Å². The molecule has 7 heavy (non-hydrogen) atoms. The van der Waals surface area contributed by atoms with E-state index >= 15 is 0 Å². The second-order valence-corrected chi connectivity index (χ2v) is 4.65. The van der Waals surface area contributed by atoms with Crippen molar-refractivity contribution >= 4 is 24.4 Å². The number of hydrogen-bond acceptors (Lipinski definition) is 1. The molecule has 0 rings (SSSR count). The highest BCUT2D eigenvalue weighted by Gasteiger charge is 2.19. The minimum Gasteiger partial charge on any atom is -0.480 e. The first-order valence-electron chi connectivity index (χ1n) is 1.76. The van der Waals surface area contributed by atoms with Crippen molar-refractivity contribution < 1.29 is 9.90 Å². The summed E-state index contributed by atoms with van der Waals surface area (Å²) in [5.74, 6) is -0.831. The third-order valence-corrected chi connectivity index (χ3v) is 0.955. The van der Waals surface area contributed by atoms with Gasteiger partial charge in [0.05, 0.1) is 4.90 Å². The zero-order valence-corrected chi connectivity index (χ0v) is 6.32. The minimum absolute atomic E-state index is 0.750. The Morgan fingerprint density at radius 1 is 1.71 bits per heavy atom. The van der Waals surface area contributed by atoms with Crippen LogP contribution in [0.1, 0.15) is 6.92 Å². The summed E-state index contributed by atoms with van der Waals surface area (Å²) in [5, 5.41) is 8.21. The molecule has 0 aromatic carbocycles. The number of aliphatic carboxylic acids is 1. The van der Waals surface area contributed by atoms with Crippen LogP contribution in [-0.4, -0.2) is 16.0 Å². The average molecular weight is 138 g/mol. The van der Waals surface area contributed by atoms with Crippen LogP contribution in [0.5, 0.6) is 0 Å². The molecule has 0 aliphatic carbocycles. The van der Waals surface area contributed by atoms with Crippen LogP contribution in [0.4, 0.5) is 0 Å². The molecule has 4 heteroatoms. The van der Waals surface area contributed by atoms with Gasteiger partial charge in [0.1, 0.15) is 0 Å². The molecule has 2 nitrogen and oxygen atoms in total. The fourth-order valence-corrected chi connectivity index (χ4v) is 0. The highest BCUT2D eigenvalue weighted by Crippen LogP contribution is 2.24. The third-order valence-electron chi connectivity index (χ3n) is 0.461. The van der Waals surface area contributed by atoms with Crippen molar-refractivity contribution in [2.24, 2.45) is 0 Å². The maximum Gasteiger partial charge on any atom is 0.316 e. The van der Waals surface area contributed by atoms with Crippen molar-refractivity contribution in [2.45, 2.75) is 11.8 Å². The van der Waals surface area contributed by atoms with Gasteiger partial charge in [-0.1, -0.05) is 0 Å². The monoisotopic (exact) mass is 138 g/mol. The molecule has 0 heterocycles. The molecule has 0 aliphatic rings. The van der Waals surface area contributed by atoms with Crippen LogP contribution >= 0.6 is 18.5 Å². The average Bonchev–Trinajstić information content (AvgIpc) is 1.31. The van der Waals surface area contributed by atoms with E-state index in [0.29, 0.717) is 0 Å². The molecule has 1 N–H and O–H groups in total. The van der Waals surface area contributed by atoms with E-state index in [4.69, 9.17) is 5.11 Å². The van der Waals surface area contributed by atoms with Crippen LogP contribution in [-0.2, 0) is 4.79 Å². The summed E-state index contributed by atoms with van der Waals surface area (Å²) >= 11 is 0. The Kier molecular flexibility index (Phi) is 2.16.